The van der Waals surface area contributed by atoms with Crippen molar-refractivity contribution in [2.75, 3.05) is 13.2 Å². The molecule has 1 rings (SSSR count). The largest absolute Gasteiger partial charge is 0.494 e. The SMILES string of the molecule is CC(=N)N=NC(=N)c1ccc(OCCCN)cc1. The number of nitrogens with one attached hydrogen (secondary N) is 2. The van der Waals surface area contributed by atoms with Crippen LogP contribution in [0.1, 0.15) is 18.9 Å². The van der Waals surface area contributed by atoms with Gasteiger partial charge < -0.3 is 10.5 Å². The van der Waals surface area contributed by atoms with Gasteiger partial charge in [-0.3, -0.25) is 10.8 Å². The molecule has 0 aromatic heterocycles. The average molecular weight is 247 g/mol. The molecule has 6 heteroatoms. The van der Waals surface area contributed by atoms with Crippen molar-refractivity contribution >= 4 is 11.7 Å². The van der Waals surface area contributed by atoms with Gasteiger partial charge in [0, 0.05) is 5.56 Å². The summed E-state index contributed by atoms with van der Waals surface area (Å²) in [5.41, 5.74) is 6.00. The normalized spacial score (nSPS) is 10.6. The smallest absolute Gasteiger partial charge is 0.174 e. The number of azo groups is 1. The maximum absolute atomic E-state index is 7.65. The van der Waals surface area contributed by atoms with Crippen molar-refractivity contribution in [2.45, 2.75) is 13.3 Å². The van der Waals surface area contributed by atoms with Gasteiger partial charge in [0.15, 0.2) is 5.84 Å². The van der Waals surface area contributed by atoms with Crippen molar-refractivity contribution in [3.63, 3.8) is 0 Å². The molecule has 0 amide bonds. The second-order valence-electron chi connectivity index (χ2n) is 3.65. The standard InChI is InChI=1S/C12H17N5O/c1-9(14)16-17-12(15)10-3-5-11(6-4-10)18-8-2-7-13/h3-6,14-15H,2,7-8,13H2,1H3. The lowest BCUT2D eigenvalue weighted by molar-refractivity contribution is 0.313. The zero-order chi connectivity index (χ0) is 13.4. The molecule has 1 aromatic rings. The van der Waals surface area contributed by atoms with Crippen molar-refractivity contribution in [1.29, 1.82) is 10.8 Å². The maximum Gasteiger partial charge on any atom is 0.174 e. The highest BCUT2D eigenvalue weighted by molar-refractivity contribution is 5.97. The molecular weight excluding hydrogens is 230 g/mol. The molecule has 6 nitrogen and oxygen atoms in total. The number of amidine groups is 2. The average Bonchev–Trinajstić information content (AvgIpc) is 2.37. The lowest BCUT2D eigenvalue weighted by Crippen LogP contribution is -2.06. The molecule has 0 bridgehead atoms. The van der Waals surface area contributed by atoms with E-state index in [1.54, 1.807) is 24.3 Å². The van der Waals surface area contributed by atoms with E-state index < -0.39 is 0 Å². The summed E-state index contributed by atoms with van der Waals surface area (Å²) in [7, 11) is 0. The molecule has 4 N–H and O–H groups in total. The maximum atomic E-state index is 7.65. The summed E-state index contributed by atoms with van der Waals surface area (Å²) in [6.45, 7) is 2.69. The third kappa shape index (κ3) is 4.84. The Morgan fingerprint density at radius 3 is 2.44 bits per heavy atom. The lowest BCUT2D eigenvalue weighted by atomic mass is 10.2. The molecular formula is C12H17N5O. The van der Waals surface area contributed by atoms with Crippen molar-refractivity contribution in [1.82, 2.24) is 0 Å². The third-order valence-electron chi connectivity index (χ3n) is 2.04. The number of rotatable bonds is 5. The van der Waals surface area contributed by atoms with Crippen molar-refractivity contribution in [2.24, 2.45) is 16.0 Å². The molecule has 0 fully saturated rings. The zero-order valence-corrected chi connectivity index (χ0v) is 10.3. The first kappa shape index (κ1) is 14.0. The number of benzene rings is 1. The Bertz CT molecular complexity index is 438. The van der Waals surface area contributed by atoms with Crippen LogP contribution >= 0.6 is 0 Å². The Balaban J connectivity index is 2.59. The van der Waals surface area contributed by atoms with E-state index in [4.69, 9.17) is 21.3 Å². The lowest BCUT2D eigenvalue weighted by Gasteiger charge is -2.05. The van der Waals surface area contributed by atoms with E-state index in [1.807, 2.05) is 0 Å². The number of ether oxygens (including phenoxy) is 1. The zero-order valence-electron chi connectivity index (χ0n) is 10.3. The second-order valence-corrected chi connectivity index (χ2v) is 3.65. The molecule has 0 aliphatic carbocycles. The molecule has 0 unspecified atom stereocenters. The van der Waals surface area contributed by atoms with Crippen LogP contribution in [0.2, 0.25) is 0 Å². The predicted octanol–water partition coefficient (Wildman–Crippen LogP) is 2.19. The van der Waals surface area contributed by atoms with Crippen LogP contribution in [0.3, 0.4) is 0 Å². The molecule has 0 saturated carbocycles. The van der Waals surface area contributed by atoms with E-state index in [9.17, 15) is 0 Å². The number of hydrogen-bond acceptors (Lipinski definition) is 4. The Labute approximate surface area is 106 Å². The summed E-state index contributed by atoms with van der Waals surface area (Å²) in [6.07, 6.45) is 0.810. The Morgan fingerprint density at radius 1 is 1.22 bits per heavy atom. The van der Waals surface area contributed by atoms with Crippen LogP contribution in [0.5, 0.6) is 5.75 Å². The summed E-state index contributed by atoms with van der Waals surface area (Å²) in [6, 6.07) is 7.01. The molecule has 0 aliphatic heterocycles. The first-order chi connectivity index (χ1) is 8.63. The molecule has 0 atom stereocenters. The molecule has 0 aliphatic rings. The summed E-state index contributed by atoms with van der Waals surface area (Å²) >= 11 is 0. The van der Waals surface area contributed by atoms with Gasteiger partial charge in [-0.2, -0.15) is 0 Å². The fourth-order valence-electron chi connectivity index (χ4n) is 1.17. The summed E-state index contributed by atoms with van der Waals surface area (Å²) in [5, 5.41) is 21.9. The van der Waals surface area contributed by atoms with Gasteiger partial charge in [0.1, 0.15) is 11.6 Å². The fraction of sp³-hybridized carbons (Fsp3) is 0.333. The van der Waals surface area contributed by atoms with E-state index in [0.717, 1.165) is 12.2 Å². The van der Waals surface area contributed by atoms with Crippen LogP contribution in [-0.4, -0.2) is 24.8 Å². The van der Waals surface area contributed by atoms with Crippen LogP contribution in [0.15, 0.2) is 34.5 Å². The number of nitrogens with two attached hydrogens (primary N) is 1. The second kappa shape index (κ2) is 7.29. The van der Waals surface area contributed by atoms with Gasteiger partial charge in [-0.15, -0.1) is 10.2 Å². The minimum Gasteiger partial charge on any atom is -0.494 e. The van der Waals surface area contributed by atoms with Gasteiger partial charge in [0.05, 0.1) is 6.61 Å². The van der Waals surface area contributed by atoms with E-state index >= 15 is 0 Å². The topological polar surface area (TPSA) is 108 Å². The Morgan fingerprint density at radius 2 is 1.89 bits per heavy atom. The van der Waals surface area contributed by atoms with Crippen LogP contribution in [0, 0.1) is 10.8 Å². The van der Waals surface area contributed by atoms with Gasteiger partial charge >= 0.3 is 0 Å². The minimum absolute atomic E-state index is 0.0232. The van der Waals surface area contributed by atoms with Crippen LogP contribution in [-0.2, 0) is 0 Å². The van der Waals surface area contributed by atoms with Crippen molar-refractivity contribution < 1.29 is 4.74 Å². The van der Waals surface area contributed by atoms with Gasteiger partial charge in [-0.1, -0.05) is 0 Å². The van der Waals surface area contributed by atoms with Gasteiger partial charge in [-0.05, 0) is 44.2 Å². The van der Waals surface area contributed by atoms with Crippen LogP contribution < -0.4 is 10.5 Å². The highest BCUT2D eigenvalue weighted by atomic mass is 16.5. The summed E-state index contributed by atoms with van der Waals surface area (Å²) < 4.78 is 5.44. The first-order valence-corrected chi connectivity index (χ1v) is 5.62. The summed E-state index contributed by atoms with van der Waals surface area (Å²) in [4.78, 5) is 0. The molecule has 0 saturated heterocycles. The van der Waals surface area contributed by atoms with Gasteiger partial charge in [0.25, 0.3) is 0 Å². The van der Waals surface area contributed by atoms with Crippen LogP contribution in [0.4, 0.5) is 0 Å². The first-order valence-electron chi connectivity index (χ1n) is 5.62. The molecule has 0 spiro atoms. The van der Waals surface area contributed by atoms with E-state index in [2.05, 4.69) is 10.2 Å². The van der Waals surface area contributed by atoms with Crippen molar-refractivity contribution in [3.8, 4) is 5.75 Å². The van der Waals surface area contributed by atoms with E-state index in [-0.39, 0.29) is 11.7 Å². The van der Waals surface area contributed by atoms with Crippen LogP contribution in [0.25, 0.3) is 0 Å². The Hall–Kier alpha value is -2.08. The molecule has 0 heterocycles. The van der Waals surface area contributed by atoms with Crippen molar-refractivity contribution in [3.05, 3.63) is 29.8 Å². The minimum atomic E-state index is 0.0232. The monoisotopic (exact) mass is 247 g/mol. The highest BCUT2D eigenvalue weighted by Crippen LogP contribution is 2.13. The summed E-state index contributed by atoms with van der Waals surface area (Å²) in [5.74, 6) is 0.830. The highest BCUT2D eigenvalue weighted by Gasteiger charge is 2.00. The van der Waals surface area contributed by atoms with Gasteiger partial charge in [-0.25, -0.2) is 0 Å². The fourth-order valence-corrected chi connectivity index (χ4v) is 1.17. The number of nitrogens with zero attached hydrogens (tertiary/aromatic N) is 2. The molecule has 1 aromatic carbocycles. The Kier molecular flexibility index (Phi) is 5.66. The molecule has 0 radical (unpaired) electrons. The molecule has 96 valence electrons. The predicted molar refractivity (Wildman–Crippen MR) is 70.7 cm³/mol. The van der Waals surface area contributed by atoms with E-state index in [1.165, 1.54) is 6.92 Å². The van der Waals surface area contributed by atoms with E-state index in [0.29, 0.717) is 18.7 Å². The quantitative estimate of drug-likeness (QED) is 0.321. The molecule has 18 heavy (non-hydrogen) atoms. The van der Waals surface area contributed by atoms with Gasteiger partial charge in [0.2, 0.25) is 0 Å². The third-order valence-corrected chi connectivity index (χ3v) is 2.04. The number of hydrogen-bond donors (Lipinski definition) is 3.